The molecular weight excluding hydrogens is 280 g/mol. The molecule has 1 aliphatic rings. The second-order valence-corrected chi connectivity index (χ2v) is 7.24. The minimum Gasteiger partial charge on any atom is -0.381 e. The van der Waals surface area contributed by atoms with E-state index < -0.39 is 10.0 Å². The molecule has 0 radical (unpaired) electrons. The smallest absolute Gasteiger partial charge is 0.243 e. The Morgan fingerprint density at radius 1 is 1.50 bits per heavy atom. The number of sulfonamides is 1. The summed E-state index contributed by atoms with van der Waals surface area (Å²) < 4.78 is 33.9. The lowest BCUT2D eigenvalue weighted by Gasteiger charge is -2.33. The molecule has 0 aromatic carbocycles. The summed E-state index contributed by atoms with van der Waals surface area (Å²) in [4.78, 5) is 0.182. The van der Waals surface area contributed by atoms with Crippen LogP contribution >= 0.6 is 0 Å². The van der Waals surface area contributed by atoms with Gasteiger partial charge in [-0.05, 0) is 18.3 Å². The van der Waals surface area contributed by atoms with Crippen molar-refractivity contribution in [3.05, 3.63) is 12.4 Å². The molecule has 1 aromatic rings. The molecule has 0 bridgehead atoms. The summed E-state index contributed by atoms with van der Waals surface area (Å²) in [7, 11) is -3.51. The molecule has 2 heterocycles. The largest absolute Gasteiger partial charge is 0.381 e. The highest BCUT2D eigenvalue weighted by molar-refractivity contribution is 7.89. The number of nitrogens with one attached hydrogen (secondary N) is 1. The van der Waals surface area contributed by atoms with E-state index in [1.807, 2.05) is 0 Å². The molecule has 7 nitrogen and oxygen atoms in total. The summed E-state index contributed by atoms with van der Waals surface area (Å²) >= 11 is 0. The van der Waals surface area contributed by atoms with Gasteiger partial charge in [-0.3, -0.25) is 4.68 Å². The molecule has 1 saturated heterocycles. The number of hydrogen-bond acceptors (Lipinski definition) is 5. The van der Waals surface area contributed by atoms with E-state index in [1.54, 1.807) is 0 Å². The first-order valence-electron chi connectivity index (χ1n) is 6.75. The van der Waals surface area contributed by atoms with Gasteiger partial charge in [0.2, 0.25) is 10.0 Å². The van der Waals surface area contributed by atoms with Crippen molar-refractivity contribution in [1.82, 2.24) is 14.5 Å². The monoisotopic (exact) mass is 302 g/mol. The minimum atomic E-state index is -3.51. The third-order valence-electron chi connectivity index (χ3n) is 3.67. The molecule has 0 amide bonds. The van der Waals surface area contributed by atoms with Crippen LogP contribution in [0.15, 0.2) is 17.3 Å². The van der Waals surface area contributed by atoms with Crippen LogP contribution in [-0.2, 0) is 21.3 Å². The van der Waals surface area contributed by atoms with E-state index in [-0.39, 0.29) is 10.3 Å². The van der Waals surface area contributed by atoms with Gasteiger partial charge in [0.05, 0.1) is 12.7 Å². The zero-order chi connectivity index (χ0) is 14.6. The van der Waals surface area contributed by atoms with Gasteiger partial charge in [0.1, 0.15) is 4.90 Å². The van der Waals surface area contributed by atoms with Gasteiger partial charge in [0.15, 0.2) is 0 Å². The summed E-state index contributed by atoms with van der Waals surface area (Å²) in [6, 6.07) is 0. The predicted molar refractivity (Wildman–Crippen MR) is 74.6 cm³/mol. The summed E-state index contributed by atoms with van der Waals surface area (Å²) in [6.07, 6.45) is 4.58. The number of aromatic nitrogens is 2. The minimum absolute atomic E-state index is 0.0431. The second-order valence-electron chi connectivity index (χ2n) is 5.48. The molecule has 0 unspecified atom stereocenters. The maximum Gasteiger partial charge on any atom is 0.243 e. The average Bonchev–Trinajstić information content (AvgIpc) is 2.88. The van der Waals surface area contributed by atoms with Gasteiger partial charge in [0, 0.05) is 32.5 Å². The number of hydrogen-bond donors (Lipinski definition) is 2. The maximum absolute atomic E-state index is 12.2. The zero-order valence-corrected chi connectivity index (χ0v) is 12.5. The number of nitrogens with two attached hydrogens (primary N) is 1. The molecule has 0 saturated carbocycles. The standard InChI is InChI=1S/C12H22N4O3S/c1-12(2-6-19-7-3-12)10-15-20(17,18)11-8-14-16(9-11)5-4-13/h8-9,15H,2-7,10,13H2,1H3. The Morgan fingerprint density at radius 3 is 2.85 bits per heavy atom. The molecule has 0 atom stereocenters. The normalized spacial score (nSPS) is 19.1. The van der Waals surface area contributed by atoms with Gasteiger partial charge in [-0.25, -0.2) is 13.1 Å². The number of ether oxygens (including phenoxy) is 1. The van der Waals surface area contributed by atoms with Crippen molar-refractivity contribution < 1.29 is 13.2 Å². The fraction of sp³-hybridized carbons (Fsp3) is 0.750. The summed E-state index contributed by atoms with van der Waals surface area (Å²) in [5.74, 6) is 0. The van der Waals surface area contributed by atoms with Crippen LogP contribution < -0.4 is 10.5 Å². The van der Waals surface area contributed by atoms with Gasteiger partial charge in [-0.2, -0.15) is 5.10 Å². The van der Waals surface area contributed by atoms with Crippen molar-refractivity contribution in [2.24, 2.45) is 11.1 Å². The molecule has 2 rings (SSSR count). The third-order valence-corrected chi connectivity index (χ3v) is 5.02. The summed E-state index contributed by atoms with van der Waals surface area (Å²) in [5.41, 5.74) is 5.37. The quantitative estimate of drug-likeness (QED) is 0.767. The molecular formula is C12H22N4O3S. The molecule has 1 fully saturated rings. The van der Waals surface area contributed by atoms with E-state index >= 15 is 0 Å². The van der Waals surface area contributed by atoms with Gasteiger partial charge in [-0.15, -0.1) is 0 Å². The fourth-order valence-corrected chi connectivity index (χ4v) is 3.28. The molecule has 114 valence electrons. The van der Waals surface area contributed by atoms with Crippen LogP contribution in [0.2, 0.25) is 0 Å². The van der Waals surface area contributed by atoms with E-state index in [1.165, 1.54) is 17.1 Å². The predicted octanol–water partition coefficient (Wildman–Crippen LogP) is -0.0632. The van der Waals surface area contributed by atoms with Crippen LogP contribution in [0.25, 0.3) is 0 Å². The van der Waals surface area contributed by atoms with Crippen molar-refractivity contribution in [2.45, 2.75) is 31.2 Å². The van der Waals surface area contributed by atoms with Crippen LogP contribution in [0.3, 0.4) is 0 Å². The zero-order valence-electron chi connectivity index (χ0n) is 11.7. The van der Waals surface area contributed by atoms with Gasteiger partial charge in [0.25, 0.3) is 0 Å². The van der Waals surface area contributed by atoms with Crippen molar-refractivity contribution in [3.8, 4) is 0 Å². The second kappa shape index (κ2) is 6.21. The van der Waals surface area contributed by atoms with E-state index in [0.29, 0.717) is 32.8 Å². The lowest BCUT2D eigenvalue weighted by atomic mass is 9.83. The Labute approximate surface area is 119 Å². The Balaban J connectivity index is 1.99. The van der Waals surface area contributed by atoms with E-state index in [9.17, 15) is 8.42 Å². The first-order chi connectivity index (χ1) is 9.45. The van der Waals surface area contributed by atoms with Crippen LogP contribution in [0.4, 0.5) is 0 Å². The topological polar surface area (TPSA) is 99.2 Å². The lowest BCUT2D eigenvalue weighted by molar-refractivity contribution is 0.0265. The average molecular weight is 302 g/mol. The molecule has 0 aliphatic carbocycles. The SMILES string of the molecule is CC1(CNS(=O)(=O)c2cnn(CCN)c2)CCOCC1. The first kappa shape index (κ1) is 15.4. The lowest BCUT2D eigenvalue weighted by Crippen LogP contribution is -2.39. The Kier molecular flexibility index (Phi) is 4.79. The fourth-order valence-electron chi connectivity index (χ4n) is 2.13. The summed E-state index contributed by atoms with van der Waals surface area (Å²) in [6.45, 7) is 4.80. The highest BCUT2D eigenvalue weighted by Gasteiger charge is 2.29. The summed E-state index contributed by atoms with van der Waals surface area (Å²) in [5, 5.41) is 3.98. The molecule has 0 spiro atoms. The Morgan fingerprint density at radius 2 is 2.20 bits per heavy atom. The molecule has 8 heteroatoms. The van der Waals surface area contributed by atoms with Gasteiger partial charge >= 0.3 is 0 Å². The Hall–Kier alpha value is -0.960. The maximum atomic E-state index is 12.2. The Bertz CT molecular complexity index is 535. The van der Waals surface area contributed by atoms with Crippen LogP contribution in [-0.4, -0.2) is 44.5 Å². The van der Waals surface area contributed by atoms with Crippen molar-refractivity contribution in [2.75, 3.05) is 26.3 Å². The number of nitrogens with zero attached hydrogens (tertiary/aromatic N) is 2. The van der Waals surface area contributed by atoms with E-state index in [4.69, 9.17) is 10.5 Å². The van der Waals surface area contributed by atoms with Crippen molar-refractivity contribution in [1.29, 1.82) is 0 Å². The number of rotatable bonds is 6. The van der Waals surface area contributed by atoms with E-state index in [0.717, 1.165) is 12.8 Å². The van der Waals surface area contributed by atoms with Crippen molar-refractivity contribution in [3.63, 3.8) is 0 Å². The van der Waals surface area contributed by atoms with E-state index in [2.05, 4.69) is 16.7 Å². The highest BCUT2D eigenvalue weighted by atomic mass is 32.2. The van der Waals surface area contributed by atoms with Crippen molar-refractivity contribution >= 4 is 10.0 Å². The molecule has 3 N–H and O–H groups in total. The first-order valence-corrected chi connectivity index (χ1v) is 8.23. The molecule has 1 aliphatic heterocycles. The van der Waals surface area contributed by atoms with Gasteiger partial charge in [-0.1, -0.05) is 6.92 Å². The van der Waals surface area contributed by atoms with Crippen LogP contribution in [0.1, 0.15) is 19.8 Å². The highest BCUT2D eigenvalue weighted by Crippen LogP contribution is 2.29. The molecule has 20 heavy (non-hydrogen) atoms. The third kappa shape index (κ3) is 3.78. The van der Waals surface area contributed by atoms with Gasteiger partial charge < -0.3 is 10.5 Å². The van der Waals surface area contributed by atoms with Crippen LogP contribution in [0.5, 0.6) is 0 Å². The molecule has 1 aromatic heterocycles. The van der Waals surface area contributed by atoms with Crippen LogP contribution in [0, 0.1) is 5.41 Å².